The first kappa shape index (κ1) is 16.8. The van der Waals surface area contributed by atoms with Gasteiger partial charge in [0.2, 0.25) is 5.78 Å². The third-order valence-electron chi connectivity index (χ3n) is 5.40. The molecule has 0 radical (unpaired) electrons. The molecule has 4 nitrogen and oxygen atoms in total. The summed E-state index contributed by atoms with van der Waals surface area (Å²) >= 11 is 0. The predicted octanol–water partition coefficient (Wildman–Crippen LogP) is 3.53. The summed E-state index contributed by atoms with van der Waals surface area (Å²) < 4.78 is 14.8. The van der Waals surface area contributed by atoms with Gasteiger partial charge in [-0.25, -0.2) is 4.39 Å². The molecule has 2 N–H and O–H groups in total. The molecule has 134 valence electrons. The molecule has 5 heteroatoms. The molecule has 4 rings (SSSR count). The molecule has 0 unspecified atom stereocenters. The molecule has 0 aliphatic carbocycles. The molecule has 0 amide bonds. The Morgan fingerprint density at radius 3 is 2.42 bits per heavy atom. The van der Waals surface area contributed by atoms with Gasteiger partial charge in [0.25, 0.3) is 0 Å². The summed E-state index contributed by atoms with van der Waals surface area (Å²) in [5.74, 6) is 6.13. The number of likely N-dealkylation sites (tertiary alicyclic amines) is 1. The maximum absolute atomic E-state index is 13.3. The number of hydrogen-bond donors (Lipinski definition) is 1. The van der Waals surface area contributed by atoms with E-state index in [1.54, 1.807) is 0 Å². The van der Waals surface area contributed by atoms with Gasteiger partial charge in [-0.2, -0.15) is 0 Å². The number of piperidine rings is 1. The van der Waals surface area contributed by atoms with Crippen molar-refractivity contribution in [1.29, 1.82) is 0 Å². The molecule has 0 atom stereocenters. The minimum atomic E-state index is -0.356. The molecule has 0 saturated carbocycles. The molecule has 1 aliphatic heterocycles. The van der Waals surface area contributed by atoms with E-state index in [1.165, 1.54) is 28.9 Å². The number of aromatic nitrogens is 1. The standard InChI is InChI=1S/C21H22FN3O/c1-24-12-10-14(11-13-24)19-17-4-2-3-5-18(17)25(23)20(19)21(26)15-6-8-16(22)9-7-15/h2-9,14H,10-13,23H2,1H3. The van der Waals surface area contributed by atoms with Crippen molar-refractivity contribution >= 4 is 16.7 Å². The van der Waals surface area contributed by atoms with E-state index in [1.807, 2.05) is 24.3 Å². The van der Waals surface area contributed by atoms with Crippen LogP contribution in [-0.2, 0) is 0 Å². The molecular formula is C21H22FN3O. The van der Waals surface area contributed by atoms with Crippen molar-refractivity contribution in [3.8, 4) is 0 Å². The number of nitrogen functional groups attached to an aromatic ring is 1. The van der Waals surface area contributed by atoms with Crippen molar-refractivity contribution in [2.24, 2.45) is 0 Å². The number of halogens is 1. The molecule has 0 bridgehead atoms. The minimum Gasteiger partial charge on any atom is -0.338 e. The second-order valence-corrected chi connectivity index (χ2v) is 7.06. The fourth-order valence-corrected chi connectivity index (χ4v) is 3.97. The number of hydrogen-bond acceptors (Lipinski definition) is 3. The average Bonchev–Trinajstić information content (AvgIpc) is 2.95. The van der Waals surface area contributed by atoms with E-state index in [0.717, 1.165) is 42.4 Å². The van der Waals surface area contributed by atoms with Crippen molar-refractivity contribution < 1.29 is 9.18 Å². The third kappa shape index (κ3) is 2.78. The summed E-state index contributed by atoms with van der Waals surface area (Å²) in [6, 6.07) is 13.5. The van der Waals surface area contributed by atoms with Crippen LogP contribution in [0.1, 0.15) is 40.4 Å². The van der Waals surface area contributed by atoms with Crippen LogP contribution in [0.2, 0.25) is 0 Å². The monoisotopic (exact) mass is 351 g/mol. The Kier molecular flexibility index (Phi) is 4.24. The van der Waals surface area contributed by atoms with Crippen LogP contribution >= 0.6 is 0 Å². The Hall–Kier alpha value is -2.66. The summed E-state index contributed by atoms with van der Waals surface area (Å²) in [5, 5.41) is 1.04. The minimum absolute atomic E-state index is 0.155. The van der Waals surface area contributed by atoms with Gasteiger partial charge in [-0.1, -0.05) is 18.2 Å². The summed E-state index contributed by atoms with van der Waals surface area (Å²) in [6.07, 6.45) is 1.99. The topological polar surface area (TPSA) is 51.3 Å². The Labute approximate surface area is 152 Å². The third-order valence-corrected chi connectivity index (χ3v) is 5.40. The van der Waals surface area contributed by atoms with Gasteiger partial charge in [-0.05, 0) is 74.8 Å². The number of carbonyl (C=O) groups excluding carboxylic acids is 1. The lowest BCUT2D eigenvalue weighted by Crippen LogP contribution is -2.30. The fraction of sp³-hybridized carbons (Fsp3) is 0.286. The van der Waals surface area contributed by atoms with Crippen LogP contribution < -0.4 is 5.84 Å². The largest absolute Gasteiger partial charge is 0.338 e. The van der Waals surface area contributed by atoms with Crippen LogP contribution in [0.4, 0.5) is 4.39 Å². The highest BCUT2D eigenvalue weighted by atomic mass is 19.1. The van der Waals surface area contributed by atoms with Crippen LogP contribution in [0.3, 0.4) is 0 Å². The van der Waals surface area contributed by atoms with Crippen LogP contribution in [-0.4, -0.2) is 35.5 Å². The zero-order valence-electron chi connectivity index (χ0n) is 14.8. The highest BCUT2D eigenvalue weighted by molar-refractivity contribution is 6.12. The summed E-state index contributed by atoms with van der Waals surface area (Å²) in [6.45, 7) is 2.00. The SMILES string of the molecule is CN1CCC(c2c(C(=O)c3ccc(F)cc3)n(N)c3ccccc23)CC1. The Morgan fingerprint density at radius 2 is 1.73 bits per heavy atom. The molecule has 3 aromatic rings. The van der Waals surface area contributed by atoms with E-state index >= 15 is 0 Å². The number of nitrogens with two attached hydrogens (primary N) is 1. The van der Waals surface area contributed by atoms with Crippen molar-refractivity contribution in [2.75, 3.05) is 26.0 Å². The number of rotatable bonds is 3. The maximum atomic E-state index is 13.3. The van der Waals surface area contributed by atoms with Crippen LogP contribution in [0.5, 0.6) is 0 Å². The zero-order valence-corrected chi connectivity index (χ0v) is 14.8. The molecule has 2 aromatic carbocycles. The van der Waals surface area contributed by atoms with E-state index in [9.17, 15) is 9.18 Å². The Balaban J connectivity index is 1.87. The second-order valence-electron chi connectivity index (χ2n) is 7.06. The normalized spacial score (nSPS) is 16.2. The Bertz CT molecular complexity index is 953. The lowest BCUT2D eigenvalue weighted by molar-refractivity contribution is 0.103. The van der Waals surface area contributed by atoms with Gasteiger partial charge in [0.05, 0.1) is 5.52 Å². The van der Waals surface area contributed by atoms with Crippen LogP contribution in [0, 0.1) is 5.82 Å². The van der Waals surface area contributed by atoms with Gasteiger partial charge < -0.3 is 10.7 Å². The van der Waals surface area contributed by atoms with Crippen LogP contribution in [0.25, 0.3) is 10.9 Å². The number of ketones is 1. The van der Waals surface area contributed by atoms with Crippen molar-refractivity contribution in [2.45, 2.75) is 18.8 Å². The summed E-state index contributed by atoms with van der Waals surface area (Å²) in [4.78, 5) is 15.5. The van der Waals surface area contributed by atoms with Crippen molar-refractivity contribution in [3.63, 3.8) is 0 Å². The lowest BCUT2D eigenvalue weighted by Gasteiger charge is -2.29. The number of para-hydroxylation sites is 1. The lowest BCUT2D eigenvalue weighted by atomic mass is 9.86. The fourth-order valence-electron chi connectivity index (χ4n) is 3.97. The molecular weight excluding hydrogens is 329 g/mol. The first-order chi connectivity index (χ1) is 12.6. The van der Waals surface area contributed by atoms with Crippen LogP contribution in [0.15, 0.2) is 48.5 Å². The second kappa shape index (κ2) is 6.57. The highest BCUT2D eigenvalue weighted by Gasteiger charge is 2.29. The number of nitrogens with zero attached hydrogens (tertiary/aromatic N) is 2. The van der Waals surface area contributed by atoms with Gasteiger partial charge >= 0.3 is 0 Å². The number of carbonyl (C=O) groups is 1. The molecule has 0 spiro atoms. The van der Waals surface area contributed by atoms with E-state index in [4.69, 9.17) is 5.84 Å². The van der Waals surface area contributed by atoms with Gasteiger partial charge in [0.1, 0.15) is 11.5 Å². The smallest absolute Gasteiger partial charge is 0.211 e. The number of fused-ring (bicyclic) bond motifs is 1. The first-order valence-corrected chi connectivity index (χ1v) is 8.93. The quantitative estimate of drug-likeness (QED) is 0.580. The van der Waals surface area contributed by atoms with Gasteiger partial charge in [0, 0.05) is 10.9 Å². The summed E-state index contributed by atoms with van der Waals surface area (Å²) in [5.41, 5.74) is 2.86. The molecule has 1 saturated heterocycles. The van der Waals surface area contributed by atoms with Gasteiger partial charge in [0.15, 0.2) is 0 Å². The van der Waals surface area contributed by atoms with Crippen molar-refractivity contribution in [1.82, 2.24) is 9.58 Å². The Morgan fingerprint density at radius 1 is 1.08 bits per heavy atom. The van der Waals surface area contributed by atoms with E-state index in [-0.39, 0.29) is 11.6 Å². The highest BCUT2D eigenvalue weighted by Crippen LogP contribution is 2.37. The predicted molar refractivity (Wildman–Crippen MR) is 101 cm³/mol. The molecule has 1 aliphatic rings. The number of benzene rings is 2. The molecule has 2 heterocycles. The molecule has 26 heavy (non-hydrogen) atoms. The van der Waals surface area contributed by atoms with E-state index in [0.29, 0.717) is 17.2 Å². The van der Waals surface area contributed by atoms with Gasteiger partial charge in [-0.15, -0.1) is 0 Å². The zero-order chi connectivity index (χ0) is 18.3. The van der Waals surface area contributed by atoms with Crippen molar-refractivity contribution in [3.05, 3.63) is 71.2 Å². The molecule has 1 aromatic heterocycles. The maximum Gasteiger partial charge on any atom is 0.211 e. The first-order valence-electron chi connectivity index (χ1n) is 8.93. The molecule has 1 fully saturated rings. The van der Waals surface area contributed by atoms with Gasteiger partial charge in [-0.3, -0.25) is 9.47 Å². The average molecular weight is 351 g/mol. The van der Waals surface area contributed by atoms with E-state index < -0.39 is 0 Å². The summed E-state index contributed by atoms with van der Waals surface area (Å²) in [7, 11) is 2.12. The van der Waals surface area contributed by atoms with E-state index in [2.05, 4.69) is 11.9 Å².